The molecule has 142 valence electrons. The molecule has 2 N–H and O–H groups in total. The zero-order valence-corrected chi connectivity index (χ0v) is 16.0. The summed E-state index contributed by atoms with van der Waals surface area (Å²) in [6.45, 7) is 9.34. The number of hydrogen-bond donors (Lipinski definition) is 2. The quantitative estimate of drug-likeness (QED) is 0.695. The van der Waals surface area contributed by atoms with Gasteiger partial charge in [0.15, 0.2) is 0 Å². The molecule has 9 nitrogen and oxygen atoms in total. The Bertz CT molecular complexity index is 916. The standard InChI is InChI=1S/C18H24N8O/c1-12(10-25-15(4)7-14(3)22-25)9-19-18(27)21-17-8-16(6-5-13(17)2)26-11-20-23-24-26/h5-8,11-12H,9-10H2,1-4H3,(H2,19,21,27)/t12-/m0/s1. The van der Waals surface area contributed by atoms with E-state index in [4.69, 9.17) is 0 Å². The average molecular weight is 368 g/mol. The van der Waals surface area contributed by atoms with Gasteiger partial charge in [0.2, 0.25) is 0 Å². The molecule has 0 radical (unpaired) electrons. The molecule has 0 aliphatic carbocycles. The van der Waals surface area contributed by atoms with Gasteiger partial charge in [0, 0.05) is 24.5 Å². The lowest BCUT2D eigenvalue weighted by atomic mass is 10.1. The molecule has 2 aromatic heterocycles. The number of anilines is 1. The van der Waals surface area contributed by atoms with Gasteiger partial charge in [-0.15, -0.1) is 5.10 Å². The van der Waals surface area contributed by atoms with Gasteiger partial charge >= 0.3 is 6.03 Å². The van der Waals surface area contributed by atoms with E-state index in [9.17, 15) is 4.79 Å². The van der Waals surface area contributed by atoms with Crippen molar-refractivity contribution in [3.05, 3.63) is 47.5 Å². The van der Waals surface area contributed by atoms with Crippen molar-refractivity contribution in [3.8, 4) is 5.69 Å². The van der Waals surface area contributed by atoms with Crippen LogP contribution in [0.4, 0.5) is 10.5 Å². The summed E-state index contributed by atoms with van der Waals surface area (Å²) in [5.41, 5.74) is 4.57. The van der Waals surface area contributed by atoms with E-state index in [-0.39, 0.29) is 11.9 Å². The van der Waals surface area contributed by atoms with E-state index in [1.165, 1.54) is 6.33 Å². The first kappa shape index (κ1) is 18.6. The van der Waals surface area contributed by atoms with Gasteiger partial charge in [0.05, 0.1) is 11.4 Å². The molecule has 9 heteroatoms. The minimum atomic E-state index is -0.243. The average Bonchev–Trinajstić information content (AvgIpc) is 3.25. The number of tetrazole rings is 1. The number of benzene rings is 1. The first-order valence-corrected chi connectivity index (χ1v) is 8.82. The molecule has 0 aliphatic heterocycles. The largest absolute Gasteiger partial charge is 0.338 e. The molecule has 3 aromatic rings. The van der Waals surface area contributed by atoms with E-state index in [0.29, 0.717) is 12.2 Å². The highest BCUT2D eigenvalue weighted by molar-refractivity contribution is 5.90. The summed E-state index contributed by atoms with van der Waals surface area (Å²) in [6.07, 6.45) is 1.51. The third kappa shape index (κ3) is 4.69. The van der Waals surface area contributed by atoms with Crippen LogP contribution in [-0.2, 0) is 6.54 Å². The molecular formula is C18H24N8O. The fourth-order valence-corrected chi connectivity index (χ4v) is 2.82. The van der Waals surface area contributed by atoms with Crippen LogP contribution in [0, 0.1) is 26.7 Å². The third-order valence-corrected chi connectivity index (χ3v) is 4.28. The van der Waals surface area contributed by atoms with Gasteiger partial charge in [-0.05, 0) is 60.9 Å². The van der Waals surface area contributed by atoms with E-state index in [1.807, 2.05) is 49.7 Å². The lowest BCUT2D eigenvalue weighted by Crippen LogP contribution is -2.34. The molecule has 0 spiro atoms. The molecule has 0 saturated heterocycles. The molecule has 1 atom stereocenters. The van der Waals surface area contributed by atoms with Gasteiger partial charge in [0.25, 0.3) is 0 Å². The fraction of sp³-hybridized carbons (Fsp3) is 0.389. The number of carbonyl (C=O) groups excluding carboxylic acids is 1. The van der Waals surface area contributed by atoms with E-state index < -0.39 is 0 Å². The molecule has 0 fully saturated rings. The molecule has 0 unspecified atom stereocenters. The second-order valence-electron chi connectivity index (χ2n) is 6.80. The maximum absolute atomic E-state index is 12.3. The predicted octanol–water partition coefficient (Wildman–Crippen LogP) is 2.24. The van der Waals surface area contributed by atoms with Crippen molar-refractivity contribution in [2.75, 3.05) is 11.9 Å². The van der Waals surface area contributed by atoms with Crippen LogP contribution in [-0.4, -0.2) is 42.6 Å². The van der Waals surface area contributed by atoms with Gasteiger partial charge in [-0.3, -0.25) is 4.68 Å². The Balaban J connectivity index is 1.56. The zero-order valence-electron chi connectivity index (χ0n) is 16.0. The van der Waals surface area contributed by atoms with Crippen molar-refractivity contribution < 1.29 is 4.79 Å². The predicted molar refractivity (Wildman–Crippen MR) is 102 cm³/mol. The Kier molecular flexibility index (Phi) is 5.49. The van der Waals surface area contributed by atoms with Crippen LogP contribution in [0.5, 0.6) is 0 Å². The molecule has 2 heterocycles. The van der Waals surface area contributed by atoms with Crippen molar-refractivity contribution in [1.29, 1.82) is 0 Å². The number of nitrogens with one attached hydrogen (secondary N) is 2. The first-order chi connectivity index (χ1) is 12.9. The van der Waals surface area contributed by atoms with E-state index in [0.717, 1.165) is 29.2 Å². The monoisotopic (exact) mass is 368 g/mol. The highest BCUT2D eigenvalue weighted by Gasteiger charge is 2.11. The van der Waals surface area contributed by atoms with Crippen LogP contribution in [0.25, 0.3) is 5.69 Å². The topological polar surface area (TPSA) is 103 Å². The Morgan fingerprint density at radius 2 is 2.04 bits per heavy atom. The highest BCUT2D eigenvalue weighted by atomic mass is 16.2. The summed E-state index contributed by atoms with van der Waals surface area (Å²) < 4.78 is 3.51. The van der Waals surface area contributed by atoms with Crippen molar-refractivity contribution in [1.82, 2.24) is 35.3 Å². The van der Waals surface area contributed by atoms with Crippen LogP contribution in [0.1, 0.15) is 23.9 Å². The summed E-state index contributed by atoms with van der Waals surface area (Å²) in [6, 6.07) is 7.45. The smallest absolute Gasteiger partial charge is 0.319 e. The molecular weight excluding hydrogens is 344 g/mol. The molecule has 2 amide bonds. The highest BCUT2D eigenvalue weighted by Crippen LogP contribution is 2.18. The normalized spacial score (nSPS) is 12.0. The lowest BCUT2D eigenvalue weighted by molar-refractivity contribution is 0.249. The number of amides is 2. The van der Waals surface area contributed by atoms with E-state index in [2.05, 4.69) is 38.2 Å². The molecule has 0 bridgehead atoms. The Labute approximate surface area is 157 Å². The van der Waals surface area contributed by atoms with Gasteiger partial charge < -0.3 is 10.6 Å². The number of aromatic nitrogens is 6. The third-order valence-electron chi connectivity index (χ3n) is 4.28. The van der Waals surface area contributed by atoms with Crippen LogP contribution in [0.15, 0.2) is 30.6 Å². The number of carbonyl (C=O) groups is 1. The van der Waals surface area contributed by atoms with Gasteiger partial charge in [-0.1, -0.05) is 13.0 Å². The summed E-state index contributed by atoms with van der Waals surface area (Å²) in [4.78, 5) is 12.3. The van der Waals surface area contributed by atoms with Crippen LogP contribution < -0.4 is 10.6 Å². The molecule has 3 rings (SSSR count). The minimum absolute atomic E-state index is 0.243. The van der Waals surface area contributed by atoms with Gasteiger partial charge in [-0.2, -0.15) is 5.10 Å². The number of rotatable bonds is 6. The lowest BCUT2D eigenvalue weighted by Gasteiger charge is -2.15. The van der Waals surface area contributed by atoms with Crippen LogP contribution >= 0.6 is 0 Å². The molecule has 1 aromatic carbocycles. The minimum Gasteiger partial charge on any atom is -0.338 e. The molecule has 0 saturated carbocycles. The maximum atomic E-state index is 12.3. The number of aryl methyl sites for hydroxylation is 3. The second-order valence-corrected chi connectivity index (χ2v) is 6.80. The summed E-state index contributed by atoms with van der Waals surface area (Å²) in [5, 5.41) is 21.4. The van der Waals surface area contributed by atoms with Crippen molar-refractivity contribution in [3.63, 3.8) is 0 Å². The molecule has 27 heavy (non-hydrogen) atoms. The zero-order chi connectivity index (χ0) is 19.4. The Morgan fingerprint density at radius 3 is 2.70 bits per heavy atom. The Hall–Kier alpha value is -3.23. The van der Waals surface area contributed by atoms with E-state index in [1.54, 1.807) is 4.68 Å². The number of hydrogen-bond acceptors (Lipinski definition) is 5. The van der Waals surface area contributed by atoms with Crippen LogP contribution in [0.3, 0.4) is 0 Å². The van der Waals surface area contributed by atoms with Crippen molar-refractivity contribution >= 4 is 11.7 Å². The number of urea groups is 1. The maximum Gasteiger partial charge on any atom is 0.319 e. The van der Waals surface area contributed by atoms with Gasteiger partial charge in [-0.25, -0.2) is 9.48 Å². The second kappa shape index (κ2) is 7.98. The summed E-state index contributed by atoms with van der Waals surface area (Å²) in [7, 11) is 0. The first-order valence-electron chi connectivity index (χ1n) is 8.82. The van der Waals surface area contributed by atoms with Crippen LogP contribution in [0.2, 0.25) is 0 Å². The SMILES string of the molecule is Cc1cc(C)n(C[C@@H](C)CNC(=O)Nc2cc(-n3cnnn3)ccc2C)n1. The van der Waals surface area contributed by atoms with E-state index >= 15 is 0 Å². The number of nitrogens with zero attached hydrogens (tertiary/aromatic N) is 6. The van der Waals surface area contributed by atoms with Crippen molar-refractivity contribution in [2.45, 2.75) is 34.2 Å². The summed E-state index contributed by atoms with van der Waals surface area (Å²) in [5.74, 6) is 0.252. The molecule has 0 aliphatic rings. The fourth-order valence-electron chi connectivity index (χ4n) is 2.82. The Morgan fingerprint density at radius 1 is 1.22 bits per heavy atom. The summed E-state index contributed by atoms with van der Waals surface area (Å²) >= 11 is 0. The van der Waals surface area contributed by atoms with Gasteiger partial charge in [0.1, 0.15) is 6.33 Å². The van der Waals surface area contributed by atoms with Crippen molar-refractivity contribution in [2.24, 2.45) is 5.92 Å².